The van der Waals surface area contributed by atoms with Crippen LogP contribution in [0.15, 0.2) is 40.3 Å². The molecule has 1 aromatic carbocycles. The van der Waals surface area contributed by atoms with E-state index >= 15 is 0 Å². The second-order valence-corrected chi connectivity index (χ2v) is 6.75. The number of rotatable bonds is 6. The van der Waals surface area contributed by atoms with Gasteiger partial charge in [-0.3, -0.25) is 14.7 Å². The summed E-state index contributed by atoms with van der Waals surface area (Å²) < 4.78 is 6.46. The fourth-order valence-corrected chi connectivity index (χ4v) is 3.19. The van der Waals surface area contributed by atoms with Crippen LogP contribution in [0.4, 0.5) is 0 Å². The number of nitrogens with one attached hydrogen (secondary N) is 1. The molecule has 3 rings (SSSR count). The third-order valence-electron chi connectivity index (χ3n) is 3.75. The molecule has 2 heterocycles. The number of aromatic nitrogens is 4. The number of ether oxygens (including phenoxy) is 1. The number of thioether (sulfide) groups is 1. The molecule has 0 aliphatic carbocycles. The van der Waals surface area contributed by atoms with E-state index in [-0.39, 0.29) is 17.2 Å². The number of carbonyl (C=O) groups excluding carboxylic acids is 1. The van der Waals surface area contributed by atoms with Crippen LogP contribution in [-0.2, 0) is 11.3 Å². The molecule has 0 saturated carbocycles. The summed E-state index contributed by atoms with van der Waals surface area (Å²) >= 11 is 1.23. The van der Waals surface area contributed by atoms with Gasteiger partial charge in [0, 0.05) is 25.4 Å². The van der Waals surface area contributed by atoms with Gasteiger partial charge >= 0.3 is 0 Å². The smallest absolute Gasteiger partial charge is 0.274 e. The van der Waals surface area contributed by atoms with Crippen molar-refractivity contribution in [2.75, 3.05) is 19.9 Å². The first-order valence-corrected chi connectivity index (χ1v) is 8.91. The minimum atomic E-state index is -0.228. The highest BCUT2D eigenvalue weighted by Crippen LogP contribution is 2.16. The van der Waals surface area contributed by atoms with E-state index in [1.807, 2.05) is 24.3 Å². The average molecular weight is 373 g/mol. The number of aromatic amines is 1. The predicted octanol–water partition coefficient (Wildman–Crippen LogP) is 1.49. The lowest BCUT2D eigenvalue weighted by Gasteiger charge is -2.17. The van der Waals surface area contributed by atoms with E-state index in [1.54, 1.807) is 26.0 Å². The van der Waals surface area contributed by atoms with Gasteiger partial charge in [0.05, 0.1) is 12.9 Å². The molecule has 0 unspecified atom stereocenters. The minimum absolute atomic E-state index is 0.0465. The maximum absolute atomic E-state index is 12.4. The summed E-state index contributed by atoms with van der Waals surface area (Å²) in [6.45, 7) is 2.22. The number of methoxy groups -OCH3 is 1. The van der Waals surface area contributed by atoms with Gasteiger partial charge in [0.15, 0.2) is 5.16 Å². The predicted molar refractivity (Wildman–Crippen MR) is 98.5 cm³/mol. The molecule has 0 atom stereocenters. The highest BCUT2D eigenvalue weighted by atomic mass is 32.2. The van der Waals surface area contributed by atoms with E-state index < -0.39 is 0 Å². The van der Waals surface area contributed by atoms with Crippen molar-refractivity contribution in [3.8, 4) is 5.75 Å². The van der Waals surface area contributed by atoms with Crippen LogP contribution in [-0.4, -0.2) is 50.3 Å². The second-order valence-electron chi connectivity index (χ2n) is 5.79. The normalized spacial score (nSPS) is 10.9. The van der Waals surface area contributed by atoms with Crippen molar-refractivity contribution in [1.82, 2.24) is 24.5 Å². The number of fused-ring (bicyclic) bond motifs is 1. The first kappa shape index (κ1) is 18.0. The van der Waals surface area contributed by atoms with Crippen LogP contribution >= 0.6 is 11.8 Å². The maximum Gasteiger partial charge on any atom is 0.274 e. The van der Waals surface area contributed by atoms with E-state index in [0.29, 0.717) is 23.2 Å². The van der Waals surface area contributed by atoms with Crippen LogP contribution < -0.4 is 10.3 Å². The second kappa shape index (κ2) is 7.61. The van der Waals surface area contributed by atoms with Crippen molar-refractivity contribution < 1.29 is 9.53 Å². The van der Waals surface area contributed by atoms with Crippen LogP contribution in [0.2, 0.25) is 0 Å². The minimum Gasteiger partial charge on any atom is -0.497 e. The first-order valence-electron chi connectivity index (χ1n) is 7.92. The lowest BCUT2D eigenvalue weighted by Crippen LogP contribution is -2.27. The molecule has 1 N–H and O–H groups in total. The topological polar surface area (TPSA) is 92.6 Å². The Morgan fingerprint density at radius 2 is 2.15 bits per heavy atom. The number of benzene rings is 1. The SMILES string of the molecule is COc1cccc(CN(C)C(=O)CSc2nc3nc(C)cc(=O)n3[nH]2)c1. The molecule has 1 amide bonds. The monoisotopic (exact) mass is 373 g/mol. The molecule has 0 aliphatic heterocycles. The third-order valence-corrected chi connectivity index (χ3v) is 4.60. The Morgan fingerprint density at radius 3 is 2.92 bits per heavy atom. The molecule has 8 nitrogen and oxygen atoms in total. The van der Waals surface area contributed by atoms with Crippen molar-refractivity contribution >= 4 is 23.4 Å². The van der Waals surface area contributed by atoms with Crippen LogP contribution in [0, 0.1) is 6.92 Å². The molecule has 3 aromatic rings. The van der Waals surface area contributed by atoms with Gasteiger partial charge in [-0.1, -0.05) is 23.9 Å². The van der Waals surface area contributed by atoms with Gasteiger partial charge < -0.3 is 9.64 Å². The fourth-order valence-electron chi connectivity index (χ4n) is 2.41. The molecule has 26 heavy (non-hydrogen) atoms. The summed E-state index contributed by atoms with van der Waals surface area (Å²) in [5.74, 6) is 1.21. The van der Waals surface area contributed by atoms with Gasteiger partial charge in [-0.25, -0.2) is 4.98 Å². The fraction of sp³-hybridized carbons (Fsp3) is 0.294. The Hall–Kier alpha value is -2.81. The quantitative estimate of drug-likeness (QED) is 0.658. The number of H-pyrrole nitrogens is 1. The van der Waals surface area contributed by atoms with Crippen LogP contribution in [0.5, 0.6) is 5.75 Å². The molecule has 9 heteroatoms. The molecule has 0 aliphatic rings. The van der Waals surface area contributed by atoms with E-state index in [1.165, 1.54) is 22.3 Å². The number of aryl methyl sites for hydroxylation is 1. The summed E-state index contributed by atoms with van der Waals surface area (Å²) in [5.41, 5.74) is 1.36. The van der Waals surface area contributed by atoms with E-state index in [0.717, 1.165) is 11.3 Å². The van der Waals surface area contributed by atoms with E-state index in [2.05, 4.69) is 15.1 Å². The highest BCUT2D eigenvalue weighted by molar-refractivity contribution is 7.99. The third kappa shape index (κ3) is 4.05. The summed E-state index contributed by atoms with van der Waals surface area (Å²) in [5, 5.41) is 3.33. The van der Waals surface area contributed by atoms with Crippen LogP contribution in [0.25, 0.3) is 5.78 Å². The Bertz CT molecular complexity index is 997. The van der Waals surface area contributed by atoms with Gasteiger partial charge in [-0.2, -0.15) is 9.50 Å². The first-order chi connectivity index (χ1) is 12.5. The molecule has 0 radical (unpaired) electrons. The number of hydrogen-bond donors (Lipinski definition) is 1. The van der Waals surface area contributed by atoms with Gasteiger partial charge in [0.2, 0.25) is 5.91 Å². The van der Waals surface area contributed by atoms with Crippen molar-refractivity contribution in [1.29, 1.82) is 0 Å². The largest absolute Gasteiger partial charge is 0.497 e. The zero-order chi connectivity index (χ0) is 18.7. The average Bonchev–Trinajstić information content (AvgIpc) is 3.03. The van der Waals surface area contributed by atoms with Crippen molar-refractivity contribution in [3.05, 3.63) is 51.9 Å². The van der Waals surface area contributed by atoms with Crippen molar-refractivity contribution in [2.24, 2.45) is 0 Å². The lowest BCUT2D eigenvalue weighted by molar-refractivity contribution is -0.127. The van der Waals surface area contributed by atoms with E-state index in [9.17, 15) is 9.59 Å². The van der Waals surface area contributed by atoms with Crippen molar-refractivity contribution in [3.63, 3.8) is 0 Å². The summed E-state index contributed by atoms with van der Waals surface area (Å²) in [7, 11) is 3.36. The number of nitrogens with zero attached hydrogens (tertiary/aromatic N) is 4. The summed E-state index contributed by atoms with van der Waals surface area (Å²) in [6.07, 6.45) is 0. The van der Waals surface area contributed by atoms with Gasteiger partial charge in [0.25, 0.3) is 11.3 Å². The standard InChI is InChI=1S/C17H19N5O3S/c1-11-7-14(23)22-16(18-11)19-17(20-22)26-10-15(24)21(2)9-12-5-4-6-13(8-12)25-3/h4-8H,9-10H2,1-3H3,(H,18,19,20). The zero-order valence-electron chi connectivity index (χ0n) is 14.7. The molecular formula is C17H19N5O3S. The Kier molecular flexibility index (Phi) is 5.27. The molecular weight excluding hydrogens is 354 g/mol. The molecule has 0 fully saturated rings. The Balaban J connectivity index is 1.62. The highest BCUT2D eigenvalue weighted by Gasteiger charge is 2.13. The lowest BCUT2D eigenvalue weighted by atomic mass is 10.2. The summed E-state index contributed by atoms with van der Waals surface area (Å²) in [4.78, 5) is 34.3. The number of hydrogen-bond acceptors (Lipinski definition) is 6. The van der Waals surface area contributed by atoms with Gasteiger partial charge in [0.1, 0.15) is 5.75 Å². The van der Waals surface area contributed by atoms with Gasteiger partial charge in [-0.05, 0) is 24.6 Å². The molecule has 2 aromatic heterocycles. The molecule has 0 spiro atoms. The van der Waals surface area contributed by atoms with Crippen LogP contribution in [0.1, 0.15) is 11.3 Å². The Labute approximate surface area is 154 Å². The van der Waals surface area contributed by atoms with Crippen LogP contribution in [0.3, 0.4) is 0 Å². The Morgan fingerprint density at radius 1 is 1.35 bits per heavy atom. The van der Waals surface area contributed by atoms with Crippen molar-refractivity contribution in [2.45, 2.75) is 18.6 Å². The van der Waals surface area contributed by atoms with Gasteiger partial charge in [-0.15, -0.1) is 0 Å². The zero-order valence-corrected chi connectivity index (χ0v) is 15.5. The number of carbonyl (C=O) groups is 1. The summed E-state index contributed by atoms with van der Waals surface area (Å²) in [6, 6.07) is 9.02. The van der Waals surface area contributed by atoms with E-state index in [4.69, 9.17) is 4.74 Å². The molecule has 136 valence electrons. The number of amides is 1. The maximum atomic E-state index is 12.4. The molecule has 0 bridgehead atoms. The molecule has 0 saturated heterocycles.